The van der Waals surface area contributed by atoms with Crippen LogP contribution in [0.1, 0.15) is 12.5 Å². The van der Waals surface area contributed by atoms with Crippen LogP contribution < -0.4 is 9.47 Å². The van der Waals surface area contributed by atoms with Crippen molar-refractivity contribution in [2.75, 3.05) is 34.4 Å². The third kappa shape index (κ3) is 4.61. The van der Waals surface area contributed by atoms with Crippen LogP contribution in [0.15, 0.2) is 17.7 Å². The van der Waals surface area contributed by atoms with E-state index in [0.717, 1.165) is 0 Å². The fraction of sp³-hybridized carbons (Fsp3) is 0.333. The van der Waals surface area contributed by atoms with Gasteiger partial charge >= 0.3 is 5.97 Å². The van der Waals surface area contributed by atoms with Crippen molar-refractivity contribution in [3.05, 3.63) is 26.8 Å². The summed E-state index contributed by atoms with van der Waals surface area (Å²) in [4.78, 5) is 38.8. The number of hydrogen-bond donors (Lipinski definition) is 0. The van der Waals surface area contributed by atoms with Gasteiger partial charge in [0.05, 0.1) is 17.3 Å². The molecule has 0 atom stereocenters. The maximum atomic E-state index is 12.5. The Morgan fingerprint density at radius 3 is 2.32 bits per heavy atom. The van der Waals surface area contributed by atoms with E-state index in [2.05, 4.69) is 4.74 Å². The summed E-state index contributed by atoms with van der Waals surface area (Å²) in [6.45, 7) is 1.90. The molecule has 0 aromatic heterocycles. The van der Waals surface area contributed by atoms with Gasteiger partial charge in [0, 0.05) is 14.1 Å². The number of rotatable bonds is 6. The van der Waals surface area contributed by atoms with Crippen LogP contribution in [-0.2, 0) is 19.1 Å². The molecule has 1 saturated heterocycles. The first-order chi connectivity index (χ1) is 13.2. The Morgan fingerprint density at radius 1 is 1.18 bits per heavy atom. The first-order valence-corrected chi connectivity index (χ1v) is 9.67. The zero-order chi connectivity index (χ0) is 21.0. The van der Waals surface area contributed by atoms with Gasteiger partial charge in [-0.25, -0.2) is 4.79 Å². The largest absolute Gasteiger partial charge is 0.490 e. The number of thiocarbonyl (C=S) groups is 1. The Kier molecular flexibility index (Phi) is 7.35. The van der Waals surface area contributed by atoms with Crippen molar-refractivity contribution in [1.82, 2.24) is 9.80 Å². The standard InChI is InChI=1S/C18H19IN2O6S/c1-5-26-13-8-10(7-12(19)15(13)27-9-14(22)25-4)6-11-16(23)20(2)18(28)21(3)17(11)24/h6-8H,5,9H2,1-4H3. The minimum atomic E-state index is -0.523. The number of hydrogen-bond acceptors (Lipinski definition) is 7. The first kappa shape index (κ1) is 22.1. The zero-order valence-corrected chi connectivity index (χ0v) is 18.8. The van der Waals surface area contributed by atoms with Crippen LogP contribution in [-0.4, -0.2) is 67.1 Å². The summed E-state index contributed by atoms with van der Waals surface area (Å²) >= 11 is 7.11. The lowest BCUT2D eigenvalue weighted by Crippen LogP contribution is -2.52. The van der Waals surface area contributed by atoms with Gasteiger partial charge < -0.3 is 14.2 Å². The number of amides is 2. The molecular weight excluding hydrogens is 499 g/mol. The Labute approximate surface area is 181 Å². The minimum absolute atomic E-state index is 0.0138. The van der Waals surface area contributed by atoms with E-state index in [1.165, 1.54) is 37.1 Å². The van der Waals surface area contributed by atoms with Crippen LogP contribution in [0.4, 0.5) is 0 Å². The third-order valence-corrected chi connectivity index (χ3v) is 5.20. The van der Waals surface area contributed by atoms with E-state index >= 15 is 0 Å². The van der Waals surface area contributed by atoms with Gasteiger partial charge in [-0.2, -0.15) is 0 Å². The predicted octanol–water partition coefficient (Wildman–Crippen LogP) is 1.84. The highest BCUT2D eigenvalue weighted by molar-refractivity contribution is 14.1. The van der Waals surface area contributed by atoms with Crippen molar-refractivity contribution >= 4 is 63.8 Å². The number of nitrogens with zero attached hydrogens (tertiary/aromatic N) is 2. The van der Waals surface area contributed by atoms with Gasteiger partial charge in [0.25, 0.3) is 11.8 Å². The molecular formula is C18H19IN2O6S. The van der Waals surface area contributed by atoms with Gasteiger partial charge in [0.1, 0.15) is 5.57 Å². The van der Waals surface area contributed by atoms with Crippen molar-refractivity contribution in [1.29, 1.82) is 0 Å². The molecule has 1 aliphatic rings. The van der Waals surface area contributed by atoms with Crippen LogP contribution in [0.3, 0.4) is 0 Å². The lowest BCUT2D eigenvalue weighted by molar-refractivity contribution is -0.143. The average molecular weight is 518 g/mol. The number of carbonyl (C=O) groups is 3. The van der Waals surface area contributed by atoms with E-state index in [-0.39, 0.29) is 17.3 Å². The van der Waals surface area contributed by atoms with E-state index in [4.69, 9.17) is 21.7 Å². The number of halogens is 1. The van der Waals surface area contributed by atoms with Gasteiger partial charge in [0.2, 0.25) is 0 Å². The molecule has 1 heterocycles. The summed E-state index contributed by atoms with van der Waals surface area (Å²) in [5, 5.41) is 0.142. The van der Waals surface area contributed by atoms with Crippen molar-refractivity contribution < 1.29 is 28.6 Å². The molecule has 2 amide bonds. The molecule has 1 aliphatic heterocycles. The predicted molar refractivity (Wildman–Crippen MR) is 114 cm³/mol. The minimum Gasteiger partial charge on any atom is -0.490 e. The molecule has 1 aromatic rings. The zero-order valence-electron chi connectivity index (χ0n) is 15.8. The van der Waals surface area contributed by atoms with E-state index in [1.54, 1.807) is 19.1 Å². The maximum absolute atomic E-state index is 12.5. The highest BCUT2D eigenvalue weighted by Crippen LogP contribution is 2.35. The lowest BCUT2D eigenvalue weighted by Gasteiger charge is -2.31. The topological polar surface area (TPSA) is 85.4 Å². The molecule has 0 radical (unpaired) electrons. The van der Waals surface area contributed by atoms with Crippen molar-refractivity contribution in [3.63, 3.8) is 0 Å². The summed E-state index contributed by atoms with van der Waals surface area (Å²) in [5.41, 5.74) is 0.560. The molecule has 8 nitrogen and oxygen atoms in total. The van der Waals surface area contributed by atoms with Gasteiger partial charge in [-0.3, -0.25) is 19.4 Å². The van der Waals surface area contributed by atoms with Crippen LogP contribution in [0, 0.1) is 3.57 Å². The fourth-order valence-electron chi connectivity index (χ4n) is 2.41. The number of likely N-dealkylation sites (N-methyl/N-ethyl adjacent to an activating group) is 2. The van der Waals surface area contributed by atoms with E-state index in [0.29, 0.717) is 27.2 Å². The molecule has 0 bridgehead atoms. The molecule has 0 spiro atoms. The van der Waals surface area contributed by atoms with Gasteiger partial charge in [-0.1, -0.05) is 0 Å². The number of esters is 1. The monoisotopic (exact) mass is 518 g/mol. The summed E-state index contributed by atoms with van der Waals surface area (Å²) in [5.74, 6) is -0.714. The maximum Gasteiger partial charge on any atom is 0.343 e. The molecule has 1 fully saturated rings. The van der Waals surface area contributed by atoms with Crippen molar-refractivity contribution in [2.45, 2.75) is 6.92 Å². The van der Waals surface area contributed by atoms with Gasteiger partial charge in [-0.05, 0) is 65.5 Å². The summed E-state index contributed by atoms with van der Waals surface area (Å²) < 4.78 is 16.3. The summed E-state index contributed by atoms with van der Waals surface area (Å²) in [6.07, 6.45) is 1.48. The molecule has 2 rings (SSSR count). The van der Waals surface area contributed by atoms with Crippen LogP contribution in [0.25, 0.3) is 6.08 Å². The fourth-order valence-corrected chi connectivity index (χ4v) is 3.35. The second kappa shape index (κ2) is 9.32. The van der Waals surface area contributed by atoms with Crippen LogP contribution in [0.5, 0.6) is 11.5 Å². The smallest absolute Gasteiger partial charge is 0.343 e. The lowest BCUT2D eigenvalue weighted by atomic mass is 10.1. The summed E-state index contributed by atoms with van der Waals surface area (Å²) in [7, 11) is 4.30. The molecule has 0 N–H and O–H groups in total. The normalized spacial score (nSPS) is 14.3. The first-order valence-electron chi connectivity index (χ1n) is 8.19. The second-order valence-corrected chi connectivity index (χ2v) is 7.22. The number of ether oxygens (including phenoxy) is 3. The van der Waals surface area contributed by atoms with Gasteiger partial charge in [-0.15, -0.1) is 0 Å². The molecule has 150 valence electrons. The molecule has 0 unspecified atom stereocenters. The Hall–Kier alpha value is -2.21. The molecule has 1 aromatic carbocycles. The van der Waals surface area contributed by atoms with Crippen molar-refractivity contribution in [2.24, 2.45) is 0 Å². The third-order valence-electron chi connectivity index (χ3n) is 3.85. The van der Waals surface area contributed by atoms with Crippen LogP contribution >= 0.6 is 34.8 Å². The van der Waals surface area contributed by atoms with Crippen molar-refractivity contribution in [3.8, 4) is 11.5 Å². The summed E-state index contributed by atoms with van der Waals surface area (Å²) in [6, 6.07) is 3.36. The molecule has 0 aliphatic carbocycles. The molecule has 0 saturated carbocycles. The Bertz CT molecular complexity index is 844. The number of methoxy groups -OCH3 is 1. The highest BCUT2D eigenvalue weighted by atomic mass is 127. The van der Waals surface area contributed by atoms with Gasteiger partial charge in [0.15, 0.2) is 23.2 Å². The average Bonchev–Trinajstić information content (AvgIpc) is 2.67. The molecule has 10 heteroatoms. The Morgan fingerprint density at radius 2 is 1.79 bits per heavy atom. The van der Waals surface area contributed by atoms with E-state index < -0.39 is 17.8 Å². The van der Waals surface area contributed by atoms with Crippen LogP contribution in [0.2, 0.25) is 0 Å². The quantitative estimate of drug-likeness (QED) is 0.187. The van der Waals surface area contributed by atoms with E-state index in [1.807, 2.05) is 22.6 Å². The van der Waals surface area contributed by atoms with E-state index in [9.17, 15) is 14.4 Å². The number of carbonyl (C=O) groups excluding carboxylic acids is 3. The second-order valence-electron chi connectivity index (χ2n) is 5.70. The SMILES string of the molecule is CCOc1cc(C=C2C(=O)N(C)C(=S)N(C)C2=O)cc(I)c1OCC(=O)OC. The highest BCUT2D eigenvalue weighted by Gasteiger charge is 2.35. The Balaban J connectivity index is 2.44. The molecule has 28 heavy (non-hydrogen) atoms. The number of benzene rings is 1.